The number of rotatable bonds is 2. The summed E-state index contributed by atoms with van der Waals surface area (Å²) < 4.78 is 13.2. The molecular formula is C15H20Cl2FN3O. The van der Waals surface area contributed by atoms with E-state index in [1.807, 2.05) is 0 Å². The van der Waals surface area contributed by atoms with Gasteiger partial charge in [0.1, 0.15) is 5.82 Å². The van der Waals surface area contributed by atoms with Gasteiger partial charge in [-0.25, -0.2) is 4.39 Å². The van der Waals surface area contributed by atoms with Gasteiger partial charge in [0.25, 0.3) is 0 Å². The molecule has 22 heavy (non-hydrogen) atoms. The minimum absolute atomic E-state index is 0. The van der Waals surface area contributed by atoms with E-state index < -0.39 is 5.82 Å². The standard InChI is InChI=1S/C15H18FN3O.2ClH/c16-10-3-4-14-13(6-10)15(20)7-12(18-14)9-19-5-1-2-11(17)8-19;;/h3-4,6-7,11H,1-2,5,8-9,17H2,(H,18,20);2*1H/t11-;;/m0../s1. The van der Waals surface area contributed by atoms with Gasteiger partial charge < -0.3 is 10.7 Å². The molecule has 0 saturated carbocycles. The van der Waals surface area contributed by atoms with E-state index in [0.29, 0.717) is 17.4 Å². The van der Waals surface area contributed by atoms with Crippen molar-refractivity contribution in [3.63, 3.8) is 0 Å². The van der Waals surface area contributed by atoms with Crippen LogP contribution in [0.15, 0.2) is 29.1 Å². The van der Waals surface area contributed by atoms with E-state index in [0.717, 1.165) is 31.6 Å². The van der Waals surface area contributed by atoms with Gasteiger partial charge >= 0.3 is 0 Å². The van der Waals surface area contributed by atoms with Crippen molar-refractivity contribution in [2.24, 2.45) is 5.73 Å². The van der Waals surface area contributed by atoms with Crippen LogP contribution in [-0.2, 0) is 6.54 Å². The van der Waals surface area contributed by atoms with Crippen molar-refractivity contribution in [1.82, 2.24) is 9.88 Å². The van der Waals surface area contributed by atoms with Gasteiger partial charge in [0.2, 0.25) is 0 Å². The van der Waals surface area contributed by atoms with Crippen LogP contribution < -0.4 is 11.2 Å². The zero-order valence-electron chi connectivity index (χ0n) is 12.0. The maximum Gasteiger partial charge on any atom is 0.189 e. The number of nitrogens with one attached hydrogen (secondary N) is 1. The molecule has 2 heterocycles. The number of hydrogen-bond donors (Lipinski definition) is 2. The van der Waals surface area contributed by atoms with Crippen LogP contribution in [0.3, 0.4) is 0 Å². The lowest BCUT2D eigenvalue weighted by molar-refractivity contribution is 0.199. The van der Waals surface area contributed by atoms with E-state index in [4.69, 9.17) is 5.73 Å². The molecule has 3 rings (SSSR count). The van der Waals surface area contributed by atoms with E-state index in [1.54, 1.807) is 12.1 Å². The third-order valence-electron chi connectivity index (χ3n) is 3.78. The van der Waals surface area contributed by atoms with E-state index >= 15 is 0 Å². The monoisotopic (exact) mass is 347 g/mol. The second-order valence-electron chi connectivity index (χ2n) is 5.49. The van der Waals surface area contributed by atoms with E-state index in [-0.39, 0.29) is 36.3 Å². The Hall–Kier alpha value is -1.14. The summed E-state index contributed by atoms with van der Waals surface area (Å²) in [4.78, 5) is 17.5. The average molecular weight is 348 g/mol. The predicted molar refractivity (Wildman–Crippen MR) is 91.5 cm³/mol. The number of aromatic nitrogens is 1. The zero-order chi connectivity index (χ0) is 14.1. The van der Waals surface area contributed by atoms with Crippen LogP contribution in [0.1, 0.15) is 18.5 Å². The Kier molecular flexibility index (Phi) is 6.81. The quantitative estimate of drug-likeness (QED) is 0.876. The highest BCUT2D eigenvalue weighted by molar-refractivity contribution is 5.85. The average Bonchev–Trinajstić information content (AvgIpc) is 2.40. The van der Waals surface area contributed by atoms with Gasteiger partial charge in [0.05, 0.1) is 0 Å². The van der Waals surface area contributed by atoms with Crippen LogP contribution >= 0.6 is 24.8 Å². The number of likely N-dealkylation sites (tertiary alicyclic amines) is 1. The van der Waals surface area contributed by atoms with Gasteiger partial charge in [0.15, 0.2) is 5.43 Å². The van der Waals surface area contributed by atoms with Crippen molar-refractivity contribution in [1.29, 1.82) is 0 Å². The lowest BCUT2D eigenvalue weighted by Gasteiger charge is -2.30. The summed E-state index contributed by atoms with van der Waals surface area (Å²) in [6, 6.07) is 6.01. The number of pyridine rings is 1. The summed E-state index contributed by atoms with van der Waals surface area (Å²) in [5, 5.41) is 0.393. The molecule has 0 bridgehead atoms. The molecule has 0 unspecified atom stereocenters. The number of H-pyrrole nitrogens is 1. The number of hydrogen-bond acceptors (Lipinski definition) is 3. The molecule has 0 radical (unpaired) electrons. The second kappa shape index (κ2) is 7.92. The molecule has 1 aromatic carbocycles. The Morgan fingerprint density at radius 3 is 2.82 bits per heavy atom. The molecule has 7 heteroatoms. The maximum absolute atomic E-state index is 13.2. The number of aromatic amines is 1. The summed E-state index contributed by atoms with van der Waals surface area (Å²) in [6.45, 7) is 2.52. The van der Waals surface area contributed by atoms with Crippen molar-refractivity contribution in [2.45, 2.75) is 25.4 Å². The predicted octanol–water partition coefficient (Wildman–Crippen LogP) is 2.43. The molecule has 1 saturated heterocycles. The molecule has 122 valence electrons. The third kappa shape index (κ3) is 4.20. The van der Waals surface area contributed by atoms with Crippen LogP contribution in [0.4, 0.5) is 4.39 Å². The van der Waals surface area contributed by atoms with Crippen LogP contribution in [0.5, 0.6) is 0 Å². The molecule has 2 aromatic rings. The third-order valence-corrected chi connectivity index (χ3v) is 3.78. The largest absolute Gasteiger partial charge is 0.357 e. The molecule has 3 N–H and O–H groups in total. The molecule has 0 aliphatic carbocycles. The Morgan fingerprint density at radius 1 is 1.32 bits per heavy atom. The maximum atomic E-state index is 13.2. The van der Waals surface area contributed by atoms with Crippen LogP contribution in [0.25, 0.3) is 10.9 Å². The summed E-state index contributed by atoms with van der Waals surface area (Å²) in [5.74, 6) is -0.391. The first kappa shape index (κ1) is 18.9. The second-order valence-corrected chi connectivity index (χ2v) is 5.49. The summed E-state index contributed by atoms with van der Waals surface area (Å²) in [7, 11) is 0. The molecule has 4 nitrogen and oxygen atoms in total. The molecule has 0 amide bonds. The summed E-state index contributed by atoms with van der Waals surface area (Å²) in [5.41, 5.74) is 7.34. The molecule has 1 fully saturated rings. The zero-order valence-corrected chi connectivity index (χ0v) is 13.7. The first-order valence-corrected chi connectivity index (χ1v) is 6.91. The summed E-state index contributed by atoms with van der Waals surface area (Å²) >= 11 is 0. The van der Waals surface area contributed by atoms with Gasteiger partial charge in [-0.05, 0) is 37.6 Å². The molecule has 1 aromatic heterocycles. The van der Waals surface area contributed by atoms with Crippen molar-refractivity contribution < 1.29 is 4.39 Å². The highest BCUT2D eigenvalue weighted by atomic mass is 35.5. The van der Waals surface area contributed by atoms with Gasteiger partial charge in [-0.2, -0.15) is 0 Å². The highest BCUT2D eigenvalue weighted by Gasteiger charge is 2.17. The fraction of sp³-hybridized carbons (Fsp3) is 0.400. The van der Waals surface area contributed by atoms with E-state index in [2.05, 4.69) is 9.88 Å². The van der Waals surface area contributed by atoms with Crippen molar-refractivity contribution in [3.8, 4) is 0 Å². The lowest BCUT2D eigenvalue weighted by atomic mass is 10.1. The first-order valence-electron chi connectivity index (χ1n) is 6.91. The Balaban J connectivity index is 0.00000121. The number of nitrogens with zero attached hydrogens (tertiary/aromatic N) is 1. The van der Waals surface area contributed by atoms with E-state index in [1.165, 1.54) is 12.1 Å². The van der Waals surface area contributed by atoms with E-state index in [9.17, 15) is 9.18 Å². The highest BCUT2D eigenvalue weighted by Crippen LogP contribution is 2.14. The minimum Gasteiger partial charge on any atom is -0.357 e. The van der Waals surface area contributed by atoms with Gasteiger partial charge in [0, 0.05) is 41.8 Å². The van der Waals surface area contributed by atoms with Crippen LogP contribution in [-0.4, -0.2) is 29.0 Å². The number of benzene rings is 1. The lowest BCUT2D eigenvalue weighted by Crippen LogP contribution is -2.42. The topological polar surface area (TPSA) is 62.1 Å². The molecular weight excluding hydrogens is 328 g/mol. The van der Waals surface area contributed by atoms with Gasteiger partial charge in [-0.1, -0.05) is 0 Å². The fourth-order valence-corrected chi connectivity index (χ4v) is 2.84. The summed E-state index contributed by atoms with van der Waals surface area (Å²) in [6.07, 6.45) is 2.15. The Labute approximate surface area is 140 Å². The first-order chi connectivity index (χ1) is 9.61. The number of fused-ring (bicyclic) bond motifs is 1. The van der Waals surface area contributed by atoms with Gasteiger partial charge in [-0.15, -0.1) is 24.8 Å². The number of halogens is 3. The SMILES string of the molecule is Cl.Cl.N[C@H]1CCCN(Cc2cc(=O)c3cc(F)ccc3[nH]2)C1. The minimum atomic E-state index is -0.391. The normalized spacial score (nSPS) is 18.5. The van der Waals surface area contributed by atoms with Crippen molar-refractivity contribution >= 4 is 35.7 Å². The van der Waals surface area contributed by atoms with Crippen LogP contribution in [0, 0.1) is 5.82 Å². The van der Waals surface area contributed by atoms with Crippen molar-refractivity contribution in [2.75, 3.05) is 13.1 Å². The molecule has 1 atom stereocenters. The van der Waals surface area contributed by atoms with Gasteiger partial charge in [-0.3, -0.25) is 9.69 Å². The Bertz CT molecular complexity index is 692. The fourth-order valence-electron chi connectivity index (χ4n) is 2.84. The number of piperidine rings is 1. The smallest absolute Gasteiger partial charge is 0.189 e. The molecule has 0 spiro atoms. The molecule has 1 aliphatic heterocycles. The van der Waals surface area contributed by atoms with Crippen molar-refractivity contribution in [3.05, 3.63) is 46.0 Å². The number of nitrogens with two attached hydrogens (primary N) is 1. The van der Waals surface area contributed by atoms with Crippen LogP contribution in [0.2, 0.25) is 0 Å². The Morgan fingerprint density at radius 2 is 2.09 bits per heavy atom. The molecule has 1 aliphatic rings.